The van der Waals surface area contributed by atoms with Crippen LogP contribution in [0.5, 0.6) is 0 Å². The second kappa shape index (κ2) is 6.77. The third-order valence-electron chi connectivity index (χ3n) is 1.41. The molecule has 0 fully saturated rings. The van der Waals surface area contributed by atoms with Crippen molar-refractivity contribution in [2.24, 2.45) is 0 Å². The van der Waals surface area contributed by atoms with Gasteiger partial charge in [0.05, 0.1) is 6.61 Å². The van der Waals surface area contributed by atoms with Crippen molar-refractivity contribution in [3.63, 3.8) is 0 Å². The smallest absolute Gasteiger partial charge is 0.333 e. The molecule has 0 bridgehead atoms. The van der Waals surface area contributed by atoms with Gasteiger partial charge in [-0.25, -0.2) is 4.79 Å². The minimum atomic E-state index is -0.499. The van der Waals surface area contributed by atoms with Crippen LogP contribution < -0.4 is 0 Å². The number of hydrogen-bond donors (Lipinski definition) is 0. The van der Waals surface area contributed by atoms with Crippen LogP contribution in [0.2, 0.25) is 0 Å². The largest absolute Gasteiger partial charge is 0.462 e. The summed E-state index contributed by atoms with van der Waals surface area (Å²) < 4.78 is 4.73. The van der Waals surface area contributed by atoms with Crippen molar-refractivity contribution in [1.29, 1.82) is 0 Å². The Kier molecular flexibility index (Phi) is 5.94. The summed E-state index contributed by atoms with van der Waals surface area (Å²) in [6, 6.07) is 0. The van der Waals surface area contributed by atoms with Crippen LogP contribution in [0.3, 0.4) is 0 Å². The average molecular weight is 196 g/mol. The van der Waals surface area contributed by atoms with Crippen molar-refractivity contribution in [1.82, 2.24) is 0 Å². The maximum absolute atomic E-state index is 10.9. The average Bonchev–Trinajstić information content (AvgIpc) is 2.16. The second-order valence-electron chi connectivity index (χ2n) is 2.66. The summed E-state index contributed by atoms with van der Waals surface area (Å²) in [4.78, 5) is 31.2. The number of hydrogen-bond acceptors (Lipinski definition) is 4. The van der Waals surface area contributed by atoms with E-state index in [-0.39, 0.29) is 13.0 Å². The summed E-state index contributed by atoms with van der Waals surface area (Å²) in [6.07, 6.45) is 2.45. The first kappa shape index (κ1) is 12.3. The lowest BCUT2D eigenvalue weighted by Gasteiger charge is -2.02. The molecular weight excluding hydrogens is 184 g/mol. The van der Waals surface area contributed by atoms with Gasteiger partial charge in [0.15, 0.2) is 0 Å². The lowest BCUT2D eigenvalue weighted by atomic mass is 10.2. The van der Waals surface area contributed by atoms with Gasteiger partial charge >= 0.3 is 5.97 Å². The molecular formula is C10H12O4. The topological polar surface area (TPSA) is 60.4 Å². The number of carbonyl (C=O) groups excluding carboxylic acids is 3. The molecule has 0 saturated carbocycles. The number of esters is 1. The molecule has 0 aliphatic carbocycles. The molecule has 0 aromatic carbocycles. The number of ether oxygens (including phenoxy) is 1. The Balaban J connectivity index is 3.89. The van der Waals surface area contributed by atoms with Gasteiger partial charge in [0.25, 0.3) is 0 Å². The molecule has 0 amide bonds. The molecule has 4 heteroatoms. The van der Waals surface area contributed by atoms with E-state index >= 15 is 0 Å². The minimum Gasteiger partial charge on any atom is -0.462 e. The molecule has 0 spiro atoms. The van der Waals surface area contributed by atoms with Crippen LogP contribution in [0.4, 0.5) is 0 Å². The highest BCUT2D eigenvalue weighted by Gasteiger charge is 2.03. The molecule has 0 saturated heterocycles. The molecule has 14 heavy (non-hydrogen) atoms. The molecule has 0 aromatic heterocycles. The molecule has 0 radical (unpaired) electrons. The number of allylic oxidation sites excluding steroid dienone is 1. The van der Waals surface area contributed by atoms with Crippen LogP contribution in [-0.2, 0) is 19.1 Å². The van der Waals surface area contributed by atoms with Crippen molar-refractivity contribution in [2.45, 2.75) is 13.3 Å². The van der Waals surface area contributed by atoms with E-state index in [0.717, 1.165) is 6.08 Å². The zero-order valence-corrected chi connectivity index (χ0v) is 7.99. The normalized spacial score (nSPS) is 10.5. The predicted octanol–water partition coefficient (Wildman–Crippen LogP) is 0.820. The molecule has 0 atom stereocenters. The zero-order chi connectivity index (χ0) is 11.0. The molecule has 76 valence electrons. The van der Waals surface area contributed by atoms with E-state index in [1.807, 2.05) is 0 Å². The number of rotatable bonds is 6. The highest BCUT2D eigenvalue weighted by Crippen LogP contribution is 1.99. The molecule has 0 unspecified atom stereocenters. The molecule has 0 aliphatic heterocycles. The van der Waals surface area contributed by atoms with Crippen molar-refractivity contribution in [2.75, 3.05) is 6.61 Å². The lowest BCUT2D eigenvalue weighted by molar-refractivity contribution is -0.138. The van der Waals surface area contributed by atoms with Crippen molar-refractivity contribution in [3.8, 4) is 0 Å². The Morgan fingerprint density at radius 3 is 2.50 bits per heavy atom. The summed E-state index contributed by atoms with van der Waals surface area (Å²) in [5.41, 5.74) is 0.603. The monoisotopic (exact) mass is 196 g/mol. The Morgan fingerprint density at radius 1 is 1.43 bits per heavy atom. The Labute approximate surface area is 82.2 Å². The summed E-state index contributed by atoms with van der Waals surface area (Å²) in [6.45, 7) is 5.00. The molecule has 4 nitrogen and oxygen atoms in total. The first-order valence-corrected chi connectivity index (χ1v) is 4.04. The number of carbonyl (C=O) groups is 3. The first-order chi connectivity index (χ1) is 6.61. The fraction of sp³-hybridized carbons (Fsp3) is 0.300. The van der Waals surface area contributed by atoms with Gasteiger partial charge in [-0.15, -0.1) is 0 Å². The predicted molar refractivity (Wildman–Crippen MR) is 50.6 cm³/mol. The van der Waals surface area contributed by atoms with Crippen LogP contribution in [-0.4, -0.2) is 25.1 Å². The van der Waals surface area contributed by atoms with E-state index in [9.17, 15) is 14.4 Å². The highest BCUT2D eigenvalue weighted by atomic mass is 16.5. The lowest BCUT2D eigenvalue weighted by Crippen LogP contribution is -2.07. The van der Waals surface area contributed by atoms with Gasteiger partial charge in [-0.2, -0.15) is 0 Å². The van der Waals surface area contributed by atoms with Crippen LogP contribution in [0.25, 0.3) is 0 Å². The SMILES string of the molecule is C=C(C)C(=O)OCC/C(C=O)=C/C=O. The van der Waals surface area contributed by atoms with Gasteiger partial charge in [0, 0.05) is 12.0 Å². The zero-order valence-electron chi connectivity index (χ0n) is 7.99. The Hall–Kier alpha value is -1.71. The van der Waals surface area contributed by atoms with Crippen LogP contribution >= 0.6 is 0 Å². The third-order valence-corrected chi connectivity index (χ3v) is 1.41. The maximum atomic E-state index is 10.9. The maximum Gasteiger partial charge on any atom is 0.333 e. The molecule has 0 aromatic rings. The van der Waals surface area contributed by atoms with Gasteiger partial charge in [-0.3, -0.25) is 9.59 Å². The Bertz CT molecular complexity index is 276. The minimum absolute atomic E-state index is 0.0735. The summed E-state index contributed by atoms with van der Waals surface area (Å²) in [5, 5.41) is 0. The highest BCUT2D eigenvalue weighted by molar-refractivity contribution is 5.87. The molecule has 0 rings (SSSR count). The van der Waals surface area contributed by atoms with E-state index in [4.69, 9.17) is 4.74 Å². The van der Waals surface area contributed by atoms with E-state index in [0.29, 0.717) is 23.7 Å². The summed E-state index contributed by atoms with van der Waals surface area (Å²) in [7, 11) is 0. The van der Waals surface area contributed by atoms with Crippen molar-refractivity contribution < 1.29 is 19.1 Å². The van der Waals surface area contributed by atoms with E-state index in [1.54, 1.807) is 0 Å². The van der Waals surface area contributed by atoms with Gasteiger partial charge < -0.3 is 4.74 Å². The number of aldehydes is 2. The summed E-state index contributed by atoms with van der Waals surface area (Å²) in [5.74, 6) is -0.499. The van der Waals surface area contributed by atoms with E-state index < -0.39 is 5.97 Å². The molecule has 0 heterocycles. The Morgan fingerprint density at radius 2 is 2.07 bits per heavy atom. The fourth-order valence-corrected chi connectivity index (χ4v) is 0.654. The first-order valence-electron chi connectivity index (χ1n) is 4.04. The van der Waals surface area contributed by atoms with E-state index in [1.165, 1.54) is 6.92 Å². The van der Waals surface area contributed by atoms with Gasteiger partial charge in [0.1, 0.15) is 12.6 Å². The van der Waals surface area contributed by atoms with Crippen LogP contribution in [0, 0.1) is 0 Å². The van der Waals surface area contributed by atoms with Crippen molar-refractivity contribution in [3.05, 3.63) is 23.8 Å². The second-order valence-corrected chi connectivity index (χ2v) is 2.66. The fourth-order valence-electron chi connectivity index (χ4n) is 0.654. The van der Waals surface area contributed by atoms with Gasteiger partial charge in [-0.05, 0) is 18.6 Å². The quantitative estimate of drug-likeness (QED) is 0.358. The van der Waals surface area contributed by atoms with Gasteiger partial charge in [-0.1, -0.05) is 6.58 Å². The standard InChI is InChI=1S/C10H12O4/c1-8(2)10(13)14-6-4-9(7-12)3-5-11/h3,5,7H,1,4,6H2,2H3/b9-3-. The molecule has 0 N–H and O–H groups in total. The van der Waals surface area contributed by atoms with Crippen LogP contribution in [0.15, 0.2) is 23.8 Å². The van der Waals surface area contributed by atoms with Gasteiger partial charge in [0.2, 0.25) is 0 Å². The van der Waals surface area contributed by atoms with E-state index in [2.05, 4.69) is 6.58 Å². The van der Waals surface area contributed by atoms with Crippen LogP contribution in [0.1, 0.15) is 13.3 Å². The summed E-state index contributed by atoms with van der Waals surface area (Å²) >= 11 is 0. The van der Waals surface area contributed by atoms with Crippen molar-refractivity contribution >= 4 is 18.5 Å². The third kappa shape index (κ3) is 5.03. The molecule has 0 aliphatic rings.